The van der Waals surface area contributed by atoms with Crippen LogP contribution in [0.15, 0.2) is 24.3 Å². The maximum atomic E-state index is 13.6. The summed E-state index contributed by atoms with van der Waals surface area (Å²) >= 11 is 0. The summed E-state index contributed by atoms with van der Waals surface area (Å²) in [4.78, 5) is 38.2. The van der Waals surface area contributed by atoms with Crippen molar-refractivity contribution in [3.8, 4) is 0 Å². The smallest absolute Gasteiger partial charge is 0.326 e. The van der Waals surface area contributed by atoms with E-state index in [4.69, 9.17) is 4.74 Å². The number of esters is 1. The minimum Gasteiger partial charge on any atom is -0.468 e. The molecule has 0 saturated carbocycles. The second-order valence-electron chi connectivity index (χ2n) is 6.11. The molecule has 2 amide bonds. The lowest BCUT2D eigenvalue weighted by molar-refractivity contribution is -0.152. The molecule has 2 aliphatic heterocycles. The van der Waals surface area contributed by atoms with E-state index in [9.17, 15) is 18.8 Å². The average Bonchev–Trinajstić information content (AvgIpc) is 2.97. The van der Waals surface area contributed by atoms with Gasteiger partial charge in [0.05, 0.1) is 18.9 Å². The van der Waals surface area contributed by atoms with Crippen LogP contribution in [-0.4, -0.2) is 42.4 Å². The van der Waals surface area contributed by atoms with Crippen LogP contribution in [0.3, 0.4) is 0 Å². The Kier molecular flexibility index (Phi) is 3.48. The summed E-state index contributed by atoms with van der Waals surface area (Å²) in [6.45, 7) is 1.54. The quantitative estimate of drug-likeness (QED) is 0.639. The Bertz CT molecular complexity index is 707. The first-order valence-corrected chi connectivity index (χ1v) is 7.24. The Morgan fingerprint density at radius 3 is 2.65 bits per heavy atom. The molecule has 2 fully saturated rings. The van der Waals surface area contributed by atoms with Crippen molar-refractivity contribution in [2.45, 2.75) is 18.5 Å². The minimum atomic E-state index is -1.34. The van der Waals surface area contributed by atoms with Gasteiger partial charge in [-0.25, -0.2) is 4.39 Å². The van der Waals surface area contributed by atoms with E-state index in [1.165, 1.54) is 32.4 Å². The molecule has 7 heteroatoms. The maximum Gasteiger partial charge on any atom is 0.326 e. The van der Waals surface area contributed by atoms with Gasteiger partial charge in [0, 0.05) is 13.1 Å². The van der Waals surface area contributed by atoms with Crippen molar-refractivity contribution in [1.29, 1.82) is 0 Å². The predicted octanol–water partition coefficient (Wildman–Crippen LogP) is 0.633. The molecule has 0 bridgehead atoms. The molecule has 1 aromatic rings. The van der Waals surface area contributed by atoms with Crippen LogP contribution in [-0.2, 0) is 19.1 Å². The van der Waals surface area contributed by atoms with Gasteiger partial charge in [-0.05, 0) is 24.6 Å². The van der Waals surface area contributed by atoms with Gasteiger partial charge in [0.15, 0.2) is 0 Å². The minimum absolute atomic E-state index is 0.380. The topological polar surface area (TPSA) is 75.7 Å². The second kappa shape index (κ2) is 5.13. The van der Waals surface area contributed by atoms with Gasteiger partial charge in [-0.15, -0.1) is 0 Å². The normalized spacial score (nSPS) is 33.0. The lowest BCUT2D eigenvalue weighted by atomic mass is 9.80. The molecule has 3 rings (SSSR count). The van der Waals surface area contributed by atoms with Crippen molar-refractivity contribution in [2.24, 2.45) is 11.8 Å². The molecule has 0 aliphatic carbocycles. The molecule has 0 aromatic heterocycles. The summed E-state index contributed by atoms with van der Waals surface area (Å²) in [5.41, 5.74) is -0.822. The van der Waals surface area contributed by atoms with Gasteiger partial charge in [-0.3, -0.25) is 24.6 Å². The number of hydrogen-bond acceptors (Lipinski definition) is 5. The first kappa shape index (κ1) is 15.6. The van der Waals surface area contributed by atoms with Crippen molar-refractivity contribution in [3.63, 3.8) is 0 Å². The Morgan fingerprint density at radius 2 is 2.04 bits per heavy atom. The number of imide groups is 1. The van der Waals surface area contributed by atoms with E-state index in [0.29, 0.717) is 5.56 Å². The zero-order valence-electron chi connectivity index (χ0n) is 13.0. The van der Waals surface area contributed by atoms with Gasteiger partial charge in [0.2, 0.25) is 11.8 Å². The van der Waals surface area contributed by atoms with Crippen LogP contribution < -0.4 is 5.32 Å². The molecule has 0 spiro atoms. The SMILES string of the molecule is COC(=O)C1(C)NC(c2cccc(F)c2)C2C(=O)N(C)C(=O)C21. The van der Waals surface area contributed by atoms with E-state index in [1.54, 1.807) is 13.0 Å². The van der Waals surface area contributed by atoms with Crippen LogP contribution in [0.1, 0.15) is 18.5 Å². The lowest BCUT2D eigenvalue weighted by Crippen LogP contribution is -2.53. The summed E-state index contributed by atoms with van der Waals surface area (Å²) in [7, 11) is 2.62. The van der Waals surface area contributed by atoms with E-state index in [1.807, 2.05) is 0 Å². The van der Waals surface area contributed by atoms with Crippen molar-refractivity contribution < 1.29 is 23.5 Å². The molecule has 4 unspecified atom stereocenters. The summed E-state index contributed by atoms with van der Waals surface area (Å²) in [5, 5.41) is 3.04. The molecular weight excluding hydrogens is 303 g/mol. The summed E-state index contributed by atoms with van der Waals surface area (Å²) in [6.07, 6.45) is 0. The number of amides is 2. The van der Waals surface area contributed by atoms with Crippen LogP contribution in [0, 0.1) is 17.7 Å². The number of likely N-dealkylation sites (tertiary alicyclic amines) is 1. The first-order valence-electron chi connectivity index (χ1n) is 7.24. The van der Waals surface area contributed by atoms with Crippen LogP contribution in [0.25, 0.3) is 0 Å². The highest BCUT2D eigenvalue weighted by Crippen LogP contribution is 2.48. The van der Waals surface area contributed by atoms with E-state index in [-0.39, 0.29) is 5.91 Å². The van der Waals surface area contributed by atoms with E-state index >= 15 is 0 Å². The zero-order valence-corrected chi connectivity index (χ0v) is 13.0. The lowest BCUT2D eigenvalue weighted by Gasteiger charge is -2.27. The second-order valence-corrected chi connectivity index (χ2v) is 6.11. The number of methoxy groups -OCH3 is 1. The number of rotatable bonds is 2. The Balaban J connectivity index is 2.11. The van der Waals surface area contributed by atoms with Crippen LogP contribution in [0.4, 0.5) is 4.39 Å². The number of hydrogen-bond donors (Lipinski definition) is 1. The van der Waals surface area contributed by atoms with Crippen molar-refractivity contribution in [2.75, 3.05) is 14.2 Å². The van der Waals surface area contributed by atoms with Gasteiger partial charge in [0.1, 0.15) is 11.4 Å². The molecule has 2 heterocycles. The number of carbonyl (C=O) groups excluding carboxylic acids is 3. The number of ether oxygens (including phenoxy) is 1. The van der Waals surface area contributed by atoms with Gasteiger partial charge in [-0.2, -0.15) is 0 Å². The fourth-order valence-electron chi connectivity index (χ4n) is 3.67. The van der Waals surface area contributed by atoms with Crippen molar-refractivity contribution >= 4 is 17.8 Å². The molecule has 122 valence electrons. The Labute approximate surface area is 132 Å². The first-order chi connectivity index (χ1) is 10.8. The Morgan fingerprint density at radius 1 is 1.35 bits per heavy atom. The predicted molar refractivity (Wildman–Crippen MR) is 77.5 cm³/mol. The Hall–Kier alpha value is -2.28. The van der Waals surface area contributed by atoms with Crippen molar-refractivity contribution in [1.82, 2.24) is 10.2 Å². The highest BCUT2D eigenvalue weighted by Gasteiger charge is 2.66. The van der Waals surface area contributed by atoms with Gasteiger partial charge >= 0.3 is 5.97 Å². The molecule has 2 aliphatic rings. The van der Waals surface area contributed by atoms with E-state index < -0.39 is 41.1 Å². The van der Waals surface area contributed by atoms with Gasteiger partial charge in [-0.1, -0.05) is 12.1 Å². The third-order valence-electron chi connectivity index (χ3n) is 4.83. The number of carbonyl (C=O) groups is 3. The molecular formula is C16H17FN2O4. The third kappa shape index (κ3) is 2.07. The average molecular weight is 320 g/mol. The number of halogens is 1. The van der Waals surface area contributed by atoms with Crippen LogP contribution in [0.5, 0.6) is 0 Å². The molecule has 1 N–H and O–H groups in total. The van der Waals surface area contributed by atoms with E-state index in [2.05, 4.69) is 5.32 Å². The van der Waals surface area contributed by atoms with E-state index in [0.717, 1.165) is 4.90 Å². The number of benzene rings is 1. The molecule has 6 nitrogen and oxygen atoms in total. The molecule has 4 atom stereocenters. The highest BCUT2D eigenvalue weighted by molar-refractivity contribution is 6.09. The van der Waals surface area contributed by atoms with Crippen LogP contribution in [0.2, 0.25) is 0 Å². The monoisotopic (exact) mass is 320 g/mol. The zero-order chi connectivity index (χ0) is 16.9. The molecule has 2 saturated heterocycles. The summed E-state index contributed by atoms with van der Waals surface area (Å²) in [6, 6.07) is 5.15. The highest BCUT2D eigenvalue weighted by atomic mass is 19.1. The number of fused-ring (bicyclic) bond motifs is 1. The largest absolute Gasteiger partial charge is 0.468 e. The standard InChI is InChI=1S/C16H17FN2O4/c1-16(15(22)23-3)11-10(13(20)19(2)14(11)21)12(18-16)8-5-4-6-9(17)7-8/h4-7,10-12,18H,1-3H3. The third-order valence-corrected chi connectivity index (χ3v) is 4.83. The van der Waals surface area contributed by atoms with Gasteiger partial charge in [0.25, 0.3) is 0 Å². The number of nitrogens with one attached hydrogen (secondary N) is 1. The van der Waals surface area contributed by atoms with Crippen LogP contribution >= 0.6 is 0 Å². The maximum absolute atomic E-state index is 13.6. The fourth-order valence-corrected chi connectivity index (χ4v) is 3.67. The van der Waals surface area contributed by atoms with Crippen molar-refractivity contribution in [3.05, 3.63) is 35.6 Å². The molecule has 1 aromatic carbocycles. The van der Waals surface area contributed by atoms with Gasteiger partial charge < -0.3 is 4.74 Å². The summed E-state index contributed by atoms with van der Waals surface area (Å²) in [5.74, 6) is -3.52. The molecule has 23 heavy (non-hydrogen) atoms. The molecule has 0 radical (unpaired) electrons. The summed E-state index contributed by atoms with van der Waals surface area (Å²) < 4.78 is 18.4. The number of nitrogens with zero attached hydrogens (tertiary/aromatic N) is 1. The fraction of sp³-hybridized carbons (Fsp3) is 0.438.